The van der Waals surface area contributed by atoms with Crippen molar-refractivity contribution in [3.05, 3.63) is 59.2 Å². The Kier molecular flexibility index (Phi) is 6.12. The van der Waals surface area contributed by atoms with Gasteiger partial charge in [0, 0.05) is 31.6 Å². The Bertz CT molecular complexity index is 815. The summed E-state index contributed by atoms with van der Waals surface area (Å²) in [5.41, 5.74) is 4.37. The Morgan fingerprint density at radius 1 is 1.11 bits per heavy atom. The van der Waals surface area contributed by atoms with E-state index >= 15 is 0 Å². The fourth-order valence-corrected chi connectivity index (χ4v) is 3.35. The maximum absolute atomic E-state index is 12.1. The number of amides is 2. The van der Waals surface area contributed by atoms with E-state index in [9.17, 15) is 9.59 Å². The van der Waals surface area contributed by atoms with Crippen LogP contribution in [0.15, 0.2) is 42.5 Å². The first-order valence-electron chi connectivity index (χ1n) is 9.42. The van der Waals surface area contributed by atoms with Crippen LogP contribution in [0.5, 0.6) is 5.75 Å². The van der Waals surface area contributed by atoms with Crippen LogP contribution in [0.3, 0.4) is 0 Å². The van der Waals surface area contributed by atoms with Crippen LogP contribution in [-0.2, 0) is 29.0 Å². The minimum Gasteiger partial charge on any atom is -0.497 e. The topological polar surface area (TPSA) is 58.6 Å². The van der Waals surface area contributed by atoms with Crippen LogP contribution in [0.1, 0.15) is 36.5 Å². The van der Waals surface area contributed by atoms with E-state index in [0.717, 1.165) is 35.5 Å². The van der Waals surface area contributed by atoms with Crippen molar-refractivity contribution < 1.29 is 14.3 Å². The molecule has 0 spiro atoms. The Balaban J connectivity index is 1.50. The predicted octanol–water partition coefficient (Wildman–Crippen LogP) is 3.24. The van der Waals surface area contributed by atoms with Crippen LogP contribution < -0.4 is 15.0 Å². The first-order valence-corrected chi connectivity index (χ1v) is 9.42. The van der Waals surface area contributed by atoms with Crippen LogP contribution in [0.4, 0.5) is 5.69 Å². The molecule has 0 aliphatic carbocycles. The van der Waals surface area contributed by atoms with Gasteiger partial charge in [0.05, 0.1) is 7.11 Å². The average molecular weight is 366 g/mol. The summed E-state index contributed by atoms with van der Waals surface area (Å²) in [5.74, 6) is 1.02. The highest BCUT2D eigenvalue weighted by Crippen LogP contribution is 2.29. The molecule has 27 heavy (non-hydrogen) atoms. The van der Waals surface area contributed by atoms with Crippen molar-refractivity contribution in [1.29, 1.82) is 0 Å². The van der Waals surface area contributed by atoms with Gasteiger partial charge in [-0.25, -0.2) is 0 Å². The van der Waals surface area contributed by atoms with Crippen LogP contribution in [0.2, 0.25) is 0 Å². The molecule has 2 aromatic carbocycles. The number of nitrogens with one attached hydrogen (secondary N) is 1. The molecule has 2 aromatic rings. The van der Waals surface area contributed by atoms with Gasteiger partial charge in [0.25, 0.3) is 0 Å². The number of nitrogens with zero attached hydrogens (tertiary/aromatic N) is 1. The van der Waals surface area contributed by atoms with Gasteiger partial charge in [-0.3, -0.25) is 9.59 Å². The van der Waals surface area contributed by atoms with Crippen molar-refractivity contribution >= 4 is 17.5 Å². The maximum Gasteiger partial charge on any atom is 0.226 e. The average Bonchev–Trinajstić information content (AvgIpc) is 3.13. The maximum atomic E-state index is 12.1. The zero-order valence-corrected chi connectivity index (χ0v) is 16.0. The van der Waals surface area contributed by atoms with E-state index in [1.165, 1.54) is 5.56 Å². The molecule has 5 nitrogen and oxygen atoms in total. The highest BCUT2D eigenvalue weighted by atomic mass is 16.5. The fraction of sp³-hybridized carbons (Fsp3) is 0.364. The highest BCUT2D eigenvalue weighted by molar-refractivity contribution is 5.95. The predicted molar refractivity (Wildman–Crippen MR) is 106 cm³/mol. The molecular formula is C22H26N2O3. The molecule has 1 aliphatic rings. The van der Waals surface area contributed by atoms with Gasteiger partial charge in [-0.15, -0.1) is 0 Å². The van der Waals surface area contributed by atoms with Gasteiger partial charge >= 0.3 is 0 Å². The molecule has 1 heterocycles. The quantitative estimate of drug-likeness (QED) is 0.818. The molecule has 0 saturated heterocycles. The lowest BCUT2D eigenvalue weighted by molar-refractivity contribution is -0.121. The zero-order chi connectivity index (χ0) is 19.2. The third-order valence-electron chi connectivity index (χ3n) is 4.93. The van der Waals surface area contributed by atoms with E-state index in [2.05, 4.69) is 11.4 Å². The second-order valence-corrected chi connectivity index (χ2v) is 6.74. The van der Waals surface area contributed by atoms with E-state index in [1.54, 1.807) is 7.11 Å². The summed E-state index contributed by atoms with van der Waals surface area (Å²) < 4.78 is 5.14. The number of ether oxygens (including phenoxy) is 1. The van der Waals surface area contributed by atoms with Crippen LogP contribution in [0.25, 0.3) is 0 Å². The summed E-state index contributed by atoms with van der Waals surface area (Å²) in [6, 6.07) is 13.9. The Hall–Kier alpha value is -2.82. The number of carbonyl (C=O) groups is 2. The smallest absolute Gasteiger partial charge is 0.226 e. The van der Waals surface area contributed by atoms with Crippen molar-refractivity contribution in [2.45, 2.75) is 39.2 Å². The third-order valence-corrected chi connectivity index (χ3v) is 4.93. The molecule has 3 rings (SSSR count). The number of methoxy groups -OCH3 is 1. The minimum absolute atomic E-state index is 0.0362. The molecule has 0 atom stereocenters. The molecule has 0 radical (unpaired) electrons. The van der Waals surface area contributed by atoms with E-state index in [-0.39, 0.29) is 11.8 Å². The second-order valence-electron chi connectivity index (χ2n) is 6.74. The standard InChI is InChI=1S/C22H26N2O3/c1-3-22(26)24-13-12-18-14-17(6-10-20(18)24)15-23-21(25)11-7-16-4-8-19(27-2)9-5-16/h4-6,8-10,14H,3,7,11-13,15H2,1-2H3,(H,23,25). The molecule has 1 aliphatic heterocycles. The van der Waals surface area contributed by atoms with Crippen molar-refractivity contribution in [3.63, 3.8) is 0 Å². The number of hydrogen-bond acceptors (Lipinski definition) is 3. The number of rotatable bonds is 7. The summed E-state index contributed by atoms with van der Waals surface area (Å²) >= 11 is 0. The summed E-state index contributed by atoms with van der Waals surface area (Å²) in [5, 5.41) is 2.98. The van der Waals surface area contributed by atoms with Gasteiger partial charge in [-0.2, -0.15) is 0 Å². The van der Waals surface area contributed by atoms with Gasteiger partial charge in [-0.1, -0.05) is 31.2 Å². The SMILES string of the molecule is CCC(=O)N1CCc2cc(CNC(=O)CCc3ccc(OC)cc3)ccc21. The summed E-state index contributed by atoms with van der Waals surface area (Å²) in [4.78, 5) is 26.0. The number of aryl methyl sites for hydroxylation is 1. The Morgan fingerprint density at radius 3 is 2.56 bits per heavy atom. The summed E-state index contributed by atoms with van der Waals surface area (Å²) in [6.07, 6.45) is 2.55. The lowest BCUT2D eigenvalue weighted by atomic mass is 10.1. The zero-order valence-electron chi connectivity index (χ0n) is 16.0. The summed E-state index contributed by atoms with van der Waals surface area (Å²) in [6.45, 7) is 3.15. The lowest BCUT2D eigenvalue weighted by Gasteiger charge is -2.16. The number of anilines is 1. The molecule has 0 unspecified atom stereocenters. The van der Waals surface area contributed by atoms with Gasteiger partial charge in [0.1, 0.15) is 5.75 Å². The Labute approximate surface area is 160 Å². The highest BCUT2D eigenvalue weighted by Gasteiger charge is 2.23. The number of fused-ring (bicyclic) bond motifs is 1. The van der Waals surface area contributed by atoms with Crippen molar-refractivity contribution in [3.8, 4) is 5.75 Å². The Morgan fingerprint density at radius 2 is 1.85 bits per heavy atom. The summed E-state index contributed by atoms with van der Waals surface area (Å²) in [7, 11) is 1.64. The molecule has 0 aromatic heterocycles. The van der Waals surface area contributed by atoms with E-state index in [0.29, 0.717) is 25.8 Å². The minimum atomic E-state index is 0.0362. The molecule has 2 amide bonds. The molecular weight excluding hydrogens is 340 g/mol. The lowest BCUT2D eigenvalue weighted by Crippen LogP contribution is -2.27. The number of benzene rings is 2. The molecule has 142 valence electrons. The molecule has 5 heteroatoms. The molecule has 0 bridgehead atoms. The van der Waals surface area contributed by atoms with Crippen molar-refractivity contribution in [2.24, 2.45) is 0 Å². The van der Waals surface area contributed by atoms with Crippen LogP contribution in [-0.4, -0.2) is 25.5 Å². The first kappa shape index (κ1) is 19.0. The van der Waals surface area contributed by atoms with Crippen molar-refractivity contribution in [1.82, 2.24) is 5.32 Å². The monoisotopic (exact) mass is 366 g/mol. The number of hydrogen-bond donors (Lipinski definition) is 1. The van der Waals surface area contributed by atoms with E-state index in [4.69, 9.17) is 4.74 Å². The number of carbonyl (C=O) groups excluding carboxylic acids is 2. The van der Waals surface area contributed by atoms with Crippen LogP contribution >= 0.6 is 0 Å². The van der Waals surface area contributed by atoms with Gasteiger partial charge in [-0.05, 0) is 47.7 Å². The molecule has 1 N–H and O–H groups in total. The van der Waals surface area contributed by atoms with E-state index in [1.807, 2.05) is 48.2 Å². The van der Waals surface area contributed by atoms with Crippen LogP contribution in [0, 0.1) is 0 Å². The first-order chi connectivity index (χ1) is 13.1. The largest absolute Gasteiger partial charge is 0.497 e. The van der Waals surface area contributed by atoms with Crippen molar-refractivity contribution in [2.75, 3.05) is 18.6 Å². The van der Waals surface area contributed by atoms with E-state index < -0.39 is 0 Å². The molecule has 0 fully saturated rings. The normalized spacial score (nSPS) is 12.6. The third kappa shape index (κ3) is 4.67. The van der Waals surface area contributed by atoms with Gasteiger partial charge in [0.15, 0.2) is 0 Å². The van der Waals surface area contributed by atoms with Gasteiger partial charge < -0.3 is 15.0 Å². The second kappa shape index (κ2) is 8.71. The van der Waals surface area contributed by atoms with Gasteiger partial charge in [0.2, 0.25) is 11.8 Å². The molecule has 0 saturated carbocycles. The fourth-order valence-electron chi connectivity index (χ4n) is 3.35.